The van der Waals surface area contributed by atoms with E-state index in [-0.39, 0.29) is 11.9 Å². The molecule has 6 heteroatoms. The van der Waals surface area contributed by atoms with E-state index in [9.17, 15) is 4.79 Å². The fourth-order valence-corrected chi connectivity index (χ4v) is 2.82. The monoisotopic (exact) mass is 314 g/mol. The van der Waals surface area contributed by atoms with Gasteiger partial charge in [0.1, 0.15) is 5.75 Å². The van der Waals surface area contributed by atoms with Crippen LogP contribution < -0.4 is 10.1 Å². The molecule has 0 bridgehead atoms. The SMILES string of the molecule is COc1ccc(CCN2C[C@@H](NCc3cnc[nH]3)CC2=O)cc1. The first-order chi connectivity index (χ1) is 11.2. The van der Waals surface area contributed by atoms with Gasteiger partial charge in [-0.25, -0.2) is 4.98 Å². The molecule has 1 amide bonds. The molecule has 2 N–H and O–H groups in total. The van der Waals surface area contributed by atoms with Crippen molar-refractivity contribution in [1.29, 1.82) is 0 Å². The third-order valence-corrected chi connectivity index (χ3v) is 4.18. The van der Waals surface area contributed by atoms with Gasteiger partial charge in [0.15, 0.2) is 0 Å². The van der Waals surface area contributed by atoms with E-state index in [1.54, 1.807) is 19.6 Å². The van der Waals surface area contributed by atoms with Gasteiger partial charge in [0.25, 0.3) is 0 Å². The highest BCUT2D eigenvalue weighted by molar-refractivity contribution is 5.79. The summed E-state index contributed by atoms with van der Waals surface area (Å²) in [5, 5.41) is 3.41. The molecule has 1 aromatic carbocycles. The number of likely N-dealkylation sites (tertiary alicyclic amines) is 1. The molecule has 1 atom stereocenters. The van der Waals surface area contributed by atoms with Crippen molar-refractivity contribution < 1.29 is 9.53 Å². The molecule has 0 aliphatic carbocycles. The number of aromatic amines is 1. The van der Waals surface area contributed by atoms with Gasteiger partial charge in [-0.1, -0.05) is 12.1 Å². The van der Waals surface area contributed by atoms with Crippen LogP contribution in [0.25, 0.3) is 0 Å². The highest BCUT2D eigenvalue weighted by atomic mass is 16.5. The number of nitrogens with zero attached hydrogens (tertiary/aromatic N) is 2. The number of nitrogens with one attached hydrogen (secondary N) is 2. The van der Waals surface area contributed by atoms with Crippen LogP contribution in [-0.2, 0) is 17.8 Å². The number of H-pyrrole nitrogens is 1. The van der Waals surface area contributed by atoms with E-state index in [2.05, 4.69) is 15.3 Å². The molecule has 6 nitrogen and oxygen atoms in total. The third kappa shape index (κ3) is 4.10. The van der Waals surface area contributed by atoms with Gasteiger partial charge in [0.2, 0.25) is 5.91 Å². The van der Waals surface area contributed by atoms with Crippen LogP contribution in [0.1, 0.15) is 17.7 Å². The highest BCUT2D eigenvalue weighted by Crippen LogP contribution is 2.15. The number of aromatic nitrogens is 2. The first-order valence-corrected chi connectivity index (χ1v) is 7.86. The predicted molar refractivity (Wildman–Crippen MR) is 87.1 cm³/mol. The van der Waals surface area contributed by atoms with E-state index in [1.165, 1.54) is 5.56 Å². The molecule has 2 heterocycles. The summed E-state index contributed by atoms with van der Waals surface area (Å²) in [7, 11) is 1.66. The Kier molecular flexibility index (Phi) is 4.92. The maximum absolute atomic E-state index is 12.1. The van der Waals surface area contributed by atoms with Gasteiger partial charge in [0.05, 0.1) is 13.4 Å². The quantitative estimate of drug-likeness (QED) is 0.809. The predicted octanol–water partition coefficient (Wildman–Crippen LogP) is 1.35. The number of imidazole rings is 1. The lowest BCUT2D eigenvalue weighted by Gasteiger charge is -2.17. The van der Waals surface area contributed by atoms with Crippen LogP contribution in [0, 0.1) is 0 Å². The molecule has 1 fully saturated rings. The Morgan fingerprint density at radius 1 is 1.39 bits per heavy atom. The molecule has 1 aromatic heterocycles. The number of rotatable bonds is 7. The molecule has 1 aliphatic rings. The van der Waals surface area contributed by atoms with E-state index >= 15 is 0 Å². The lowest BCUT2D eigenvalue weighted by atomic mass is 10.1. The Labute approximate surface area is 135 Å². The molecule has 1 aliphatic heterocycles. The van der Waals surface area contributed by atoms with E-state index in [0.29, 0.717) is 13.0 Å². The summed E-state index contributed by atoms with van der Waals surface area (Å²) in [6, 6.07) is 8.22. The second-order valence-electron chi connectivity index (χ2n) is 5.80. The second kappa shape index (κ2) is 7.28. The summed E-state index contributed by atoms with van der Waals surface area (Å²) in [4.78, 5) is 21.1. The van der Waals surface area contributed by atoms with Crippen LogP contribution in [-0.4, -0.2) is 47.0 Å². The number of hydrogen-bond donors (Lipinski definition) is 2. The zero-order valence-corrected chi connectivity index (χ0v) is 13.3. The summed E-state index contributed by atoms with van der Waals surface area (Å²) < 4.78 is 5.16. The molecule has 3 rings (SSSR count). The Balaban J connectivity index is 1.45. The summed E-state index contributed by atoms with van der Waals surface area (Å²) in [5.74, 6) is 1.08. The molecule has 0 radical (unpaired) electrons. The van der Waals surface area contributed by atoms with E-state index in [0.717, 1.165) is 31.0 Å². The molecular formula is C17H22N4O2. The van der Waals surface area contributed by atoms with Gasteiger partial charge in [-0.3, -0.25) is 4.79 Å². The lowest BCUT2D eigenvalue weighted by Crippen LogP contribution is -2.33. The standard InChI is InChI=1S/C17H22N4O2/c1-23-16-4-2-13(3-5-16)6-7-21-11-14(8-17(21)22)19-10-15-9-18-12-20-15/h2-5,9,12,14,19H,6-8,10-11H2,1H3,(H,18,20)/t14-/m0/s1. The summed E-state index contributed by atoms with van der Waals surface area (Å²) in [5.41, 5.74) is 2.25. The Morgan fingerprint density at radius 3 is 2.91 bits per heavy atom. The van der Waals surface area contributed by atoms with Crippen LogP contribution in [0.5, 0.6) is 5.75 Å². The molecule has 0 unspecified atom stereocenters. The van der Waals surface area contributed by atoms with Crippen molar-refractivity contribution in [3.63, 3.8) is 0 Å². The van der Waals surface area contributed by atoms with Crippen LogP contribution in [0.3, 0.4) is 0 Å². The number of benzene rings is 1. The van der Waals surface area contributed by atoms with Crippen LogP contribution >= 0.6 is 0 Å². The molecule has 0 spiro atoms. The molecule has 0 saturated carbocycles. The average molecular weight is 314 g/mol. The molecule has 23 heavy (non-hydrogen) atoms. The topological polar surface area (TPSA) is 70.2 Å². The smallest absolute Gasteiger partial charge is 0.224 e. The minimum absolute atomic E-state index is 0.210. The number of carbonyl (C=O) groups excluding carboxylic acids is 1. The van der Waals surface area contributed by atoms with E-state index in [4.69, 9.17) is 4.74 Å². The van der Waals surface area contributed by atoms with Crippen molar-refractivity contribution >= 4 is 5.91 Å². The van der Waals surface area contributed by atoms with E-state index in [1.807, 2.05) is 29.2 Å². The summed E-state index contributed by atoms with van der Waals surface area (Å²) in [6.07, 6.45) is 4.89. The fraction of sp³-hybridized carbons (Fsp3) is 0.412. The largest absolute Gasteiger partial charge is 0.497 e. The zero-order chi connectivity index (χ0) is 16.1. The number of hydrogen-bond acceptors (Lipinski definition) is 4. The van der Waals surface area contributed by atoms with Gasteiger partial charge in [0, 0.05) is 44.0 Å². The minimum atomic E-state index is 0.210. The summed E-state index contributed by atoms with van der Waals surface area (Å²) in [6.45, 7) is 2.24. The first kappa shape index (κ1) is 15.6. The van der Waals surface area contributed by atoms with Crippen molar-refractivity contribution in [3.05, 3.63) is 48.0 Å². The van der Waals surface area contributed by atoms with Gasteiger partial charge in [-0.05, 0) is 24.1 Å². The second-order valence-corrected chi connectivity index (χ2v) is 5.80. The van der Waals surface area contributed by atoms with Crippen LogP contribution in [0.2, 0.25) is 0 Å². The normalized spacial score (nSPS) is 17.7. The van der Waals surface area contributed by atoms with Crippen molar-refractivity contribution in [3.8, 4) is 5.75 Å². The fourth-order valence-electron chi connectivity index (χ4n) is 2.82. The van der Waals surface area contributed by atoms with E-state index < -0.39 is 0 Å². The number of methoxy groups -OCH3 is 1. The maximum atomic E-state index is 12.1. The first-order valence-electron chi connectivity index (χ1n) is 7.86. The van der Waals surface area contributed by atoms with Gasteiger partial charge >= 0.3 is 0 Å². The lowest BCUT2D eigenvalue weighted by molar-refractivity contribution is -0.127. The van der Waals surface area contributed by atoms with Crippen LogP contribution in [0.15, 0.2) is 36.8 Å². The average Bonchev–Trinajstić information content (AvgIpc) is 3.21. The van der Waals surface area contributed by atoms with Crippen molar-refractivity contribution in [2.45, 2.75) is 25.4 Å². The number of carbonyl (C=O) groups is 1. The van der Waals surface area contributed by atoms with Gasteiger partial charge < -0.3 is 19.9 Å². The minimum Gasteiger partial charge on any atom is -0.497 e. The van der Waals surface area contributed by atoms with Crippen molar-refractivity contribution in [1.82, 2.24) is 20.2 Å². The van der Waals surface area contributed by atoms with Crippen LogP contribution in [0.4, 0.5) is 0 Å². The zero-order valence-electron chi connectivity index (χ0n) is 13.3. The Bertz CT molecular complexity index is 625. The number of ether oxygens (including phenoxy) is 1. The summed E-state index contributed by atoms with van der Waals surface area (Å²) >= 11 is 0. The van der Waals surface area contributed by atoms with Crippen molar-refractivity contribution in [2.24, 2.45) is 0 Å². The van der Waals surface area contributed by atoms with Gasteiger partial charge in [-0.15, -0.1) is 0 Å². The Hall–Kier alpha value is -2.34. The van der Waals surface area contributed by atoms with Crippen molar-refractivity contribution in [2.75, 3.05) is 20.2 Å². The number of amides is 1. The molecular weight excluding hydrogens is 292 g/mol. The third-order valence-electron chi connectivity index (χ3n) is 4.18. The van der Waals surface area contributed by atoms with Gasteiger partial charge in [-0.2, -0.15) is 0 Å². The Morgan fingerprint density at radius 2 is 2.22 bits per heavy atom. The molecule has 122 valence electrons. The highest BCUT2D eigenvalue weighted by Gasteiger charge is 2.28. The molecule has 2 aromatic rings. The molecule has 1 saturated heterocycles. The maximum Gasteiger partial charge on any atom is 0.224 e.